The summed E-state index contributed by atoms with van der Waals surface area (Å²) in [4.78, 5) is 0. The largest absolute Gasteiger partial charge is 0.497 e. The first-order chi connectivity index (χ1) is 12.2. The van der Waals surface area contributed by atoms with Crippen LogP contribution in [0.15, 0.2) is 66.7 Å². The van der Waals surface area contributed by atoms with Gasteiger partial charge in [-0.25, -0.2) is 4.39 Å². The normalized spacial score (nSPS) is 10.1. The average molecular weight is 333 g/mol. The third kappa shape index (κ3) is 3.78. The second-order valence-electron chi connectivity index (χ2n) is 5.44. The lowest BCUT2D eigenvalue weighted by atomic mass is 10.00. The van der Waals surface area contributed by atoms with Crippen LogP contribution < -0.4 is 9.47 Å². The Hall–Kier alpha value is -3.32. The number of halogens is 1. The van der Waals surface area contributed by atoms with Gasteiger partial charge in [-0.1, -0.05) is 36.4 Å². The second kappa shape index (κ2) is 7.50. The number of ether oxygens (including phenoxy) is 2. The topological polar surface area (TPSA) is 42.2 Å². The van der Waals surface area contributed by atoms with Crippen molar-refractivity contribution in [3.05, 3.63) is 83.7 Å². The molecule has 0 unspecified atom stereocenters. The van der Waals surface area contributed by atoms with E-state index in [1.807, 2.05) is 48.5 Å². The number of methoxy groups -OCH3 is 1. The molecule has 0 radical (unpaired) electrons. The van der Waals surface area contributed by atoms with Gasteiger partial charge in [-0.2, -0.15) is 5.26 Å². The van der Waals surface area contributed by atoms with Crippen LogP contribution in [0.5, 0.6) is 11.5 Å². The summed E-state index contributed by atoms with van der Waals surface area (Å²) in [5.74, 6) is 0.923. The molecule has 0 fully saturated rings. The van der Waals surface area contributed by atoms with Crippen molar-refractivity contribution >= 4 is 0 Å². The van der Waals surface area contributed by atoms with Gasteiger partial charge in [-0.3, -0.25) is 0 Å². The van der Waals surface area contributed by atoms with Crippen molar-refractivity contribution in [1.29, 1.82) is 5.26 Å². The van der Waals surface area contributed by atoms with Crippen LogP contribution in [0, 0.1) is 17.1 Å². The highest BCUT2D eigenvalue weighted by molar-refractivity contribution is 5.71. The Morgan fingerprint density at radius 1 is 0.960 bits per heavy atom. The van der Waals surface area contributed by atoms with Gasteiger partial charge in [-0.05, 0) is 41.5 Å². The maximum Gasteiger partial charge on any atom is 0.141 e. The van der Waals surface area contributed by atoms with Crippen LogP contribution in [0.4, 0.5) is 4.39 Å². The maximum absolute atomic E-state index is 13.8. The summed E-state index contributed by atoms with van der Waals surface area (Å²) in [5.41, 5.74) is 2.34. The standard InChI is InChI=1S/C21H16FNO2/c1-24-17-10-8-15(9-11-17)14-25-18-5-2-4-16(12-18)19-6-3-7-21(22)20(19)13-23/h2-12H,14H2,1H3. The van der Waals surface area contributed by atoms with E-state index in [9.17, 15) is 9.65 Å². The van der Waals surface area contributed by atoms with E-state index in [4.69, 9.17) is 9.47 Å². The number of hydrogen-bond acceptors (Lipinski definition) is 3. The number of nitriles is 1. The van der Waals surface area contributed by atoms with Gasteiger partial charge < -0.3 is 9.47 Å². The van der Waals surface area contributed by atoms with Gasteiger partial charge in [0.1, 0.15) is 30.0 Å². The van der Waals surface area contributed by atoms with Gasteiger partial charge in [0.15, 0.2) is 0 Å². The van der Waals surface area contributed by atoms with Crippen LogP contribution in [0.1, 0.15) is 11.1 Å². The van der Waals surface area contributed by atoms with Gasteiger partial charge >= 0.3 is 0 Å². The number of nitrogens with zero attached hydrogens (tertiary/aromatic N) is 1. The first kappa shape index (κ1) is 16.5. The van der Waals surface area contributed by atoms with E-state index < -0.39 is 5.82 Å². The molecule has 0 aliphatic carbocycles. The fourth-order valence-electron chi connectivity index (χ4n) is 2.52. The molecule has 0 bridgehead atoms. The lowest BCUT2D eigenvalue weighted by molar-refractivity contribution is 0.306. The van der Waals surface area contributed by atoms with Gasteiger partial charge in [0, 0.05) is 5.56 Å². The summed E-state index contributed by atoms with van der Waals surface area (Å²) in [5, 5.41) is 9.19. The summed E-state index contributed by atoms with van der Waals surface area (Å²) in [6.45, 7) is 0.404. The van der Waals surface area contributed by atoms with Crippen LogP contribution in [-0.2, 0) is 6.61 Å². The Morgan fingerprint density at radius 3 is 2.44 bits per heavy atom. The minimum absolute atomic E-state index is 0.0369. The first-order valence-corrected chi connectivity index (χ1v) is 7.76. The fourth-order valence-corrected chi connectivity index (χ4v) is 2.52. The Morgan fingerprint density at radius 2 is 1.72 bits per heavy atom. The Bertz CT molecular complexity index is 914. The molecular formula is C21H16FNO2. The minimum Gasteiger partial charge on any atom is -0.497 e. The monoisotopic (exact) mass is 333 g/mol. The Labute approximate surface area is 145 Å². The minimum atomic E-state index is -0.524. The molecule has 0 N–H and O–H groups in total. The first-order valence-electron chi connectivity index (χ1n) is 7.76. The predicted octanol–water partition coefficient (Wildman–Crippen LogP) is 4.95. The molecule has 0 aliphatic rings. The number of benzene rings is 3. The zero-order valence-corrected chi connectivity index (χ0v) is 13.7. The van der Waals surface area contributed by atoms with Crippen LogP contribution in [0.25, 0.3) is 11.1 Å². The summed E-state index contributed by atoms with van der Waals surface area (Å²) in [6, 6.07) is 21.4. The third-order valence-electron chi connectivity index (χ3n) is 3.84. The van der Waals surface area contributed by atoms with E-state index in [2.05, 4.69) is 0 Å². The molecule has 3 nitrogen and oxygen atoms in total. The summed E-state index contributed by atoms with van der Waals surface area (Å²) in [6.07, 6.45) is 0. The van der Waals surface area contributed by atoms with E-state index >= 15 is 0 Å². The predicted molar refractivity (Wildman–Crippen MR) is 93.9 cm³/mol. The molecule has 0 aliphatic heterocycles. The van der Waals surface area contributed by atoms with Crippen molar-refractivity contribution in [2.45, 2.75) is 6.61 Å². The van der Waals surface area contributed by atoms with Crippen LogP contribution in [-0.4, -0.2) is 7.11 Å². The molecule has 124 valence electrons. The molecule has 0 aromatic heterocycles. The van der Waals surface area contributed by atoms with E-state index in [0.29, 0.717) is 17.9 Å². The van der Waals surface area contributed by atoms with Gasteiger partial charge in [-0.15, -0.1) is 0 Å². The summed E-state index contributed by atoms with van der Waals surface area (Å²) in [7, 11) is 1.62. The van der Waals surface area contributed by atoms with Gasteiger partial charge in [0.05, 0.1) is 12.7 Å². The molecule has 0 saturated heterocycles. The summed E-state index contributed by atoms with van der Waals surface area (Å²) < 4.78 is 24.7. The summed E-state index contributed by atoms with van der Waals surface area (Å²) >= 11 is 0. The SMILES string of the molecule is COc1ccc(COc2cccc(-c3cccc(F)c3C#N)c2)cc1. The van der Waals surface area contributed by atoms with Crippen molar-refractivity contribution in [1.82, 2.24) is 0 Å². The molecule has 3 aromatic carbocycles. The van der Waals surface area contributed by atoms with Gasteiger partial charge in [0.2, 0.25) is 0 Å². The third-order valence-corrected chi connectivity index (χ3v) is 3.84. The van der Waals surface area contributed by atoms with Crippen molar-refractivity contribution < 1.29 is 13.9 Å². The molecule has 0 amide bonds. The van der Waals surface area contributed by atoms with E-state index in [0.717, 1.165) is 16.9 Å². The van der Waals surface area contributed by atoms with Crippen molar-refractivity contribution in [2.75, 3.05) is 7.11 Å². The van der Waals surface area contributed by atoms with E-state index in [1.165, 1.54) is 6.07 Å². The molecular weight excluding hydrogens is 317 g/mol. The molecule has 3 aromatic rings. The lowest BCUT2D eigenvalue weighted by Gasteiger charge is -2.10. The van der Waals surface area contributed by atoms with E-state index in [-0.39, 0.29) is 5.56 Å². The lowest BCUT2D eigenvalue weighted by Crippen LogP contribution is -1.96. The molecule has 0 atom stereocenters. The molecule has 4 heteroatoms. The van der Waals surface area contributed by atoms with Crippen LogP contribution in [0.2, 0.25) is 0 Å². The van der Waals surface area contributed by atoms with E-state index in [1.54, 1.807) is 25.3 Å². The highest BCUT2D eigenvalue weighted by atomic mass is 19.1. The highest BCUT2D eigenvalue weighted by Gasteiger charge is 2.10. The molecule has 0 saturated carbocycles. The van der Waals surface area contributed by atoms with Crippen molar-refractivity contribution in [3.63, 3.8) is 0 Å². The van der Waals surface area contributed by atoms with Crippen molar-refractivity contribution in [3.8, 4) is 28.7 Å². The molecule has 3 rings (SSSR count). The quantitative estimate of drug-likeness (QED) is 0.663. The zero-order chi connectivity index (χ0) is 17.6. The molecule has 0 spiro atoms. The van der Waals surface area contributed by atoms with Crippen LogP contribution >= 0.6 is 0 Å². The maximum atomic E-state index is 13.8. The molecule has 25 heavy (non-hydrogen) atoms. The highest BCUT2D eigenvalue weighted by Crippen LogP contribution is 2.28. The molecule has 0 heterocycles. The average Bonchev–Trinajstić information content (AvgIpc) is 2.67. The fraction of sp³-hybridized carbons (Fsp3) is 0.0952. The van der Waals surface area contributed by atoms with Crippen molar-refractivity contribution in [2.24, 2.45) is 0 Å². The zero-order valence-electron chi connectivity index (χ0n) is 13.7. The number of hydrogen-bond donors (Lipinski definition) is 0. The Balaban J connectivity index is 1.80. The number of rotatable bonds is 5. The Kier molecular flexibility index (Phi) is 4.96. The second-order valence-corrected chi connectivity index (χ2v) is 5.44. The van der Waals surface area contributed by atoms with Gasteiger partial charge in [0.25, 0.3) is 0 Å². The smallest absolute Gasteiger partial charge is 0.141 e. The van der Waals surface area contributed by atoms with Crippen LogP contribution in [0.3, 0.4) is 0 Å².